The van der Waals surface area contributed by atoms with E-state index in [1.54, 1.807) is 5.57 Å². The van der Waals surface area contributed by atoms with E-state index in [-0.39, 0.29) is 0 Å². The molecule has 1 heterocycles. The van der Waals surface area contributed by atoms with Crippen molar-refractivity contribution in [3.63, 3.8) is 0 Å². The van der Waals surface area contributed by atoms with Crippen molar-refractivity contribution < 1.29 is 4.48 Å². The standard InChI is InChI=1S/C17H22N/c1-4-7-17-16-11-14-9-6-5-8-13(14)10-15(16)12-18(17,2)3/h4-6,8-9,11,15,17H,1,7,10,12H2,2-3H3/q+1/t15-,17-/m0/s1. The summed E-state index contributed by atoms with van der Waals surface area (Å²) in [5.41, 5.74) is 4.60. The normalized spacial score (nSPS) is 28.2. The molecule has 0 radical (unpaired) electrons. The van der Waals surface area contributed by atoms with Crippen molar-refractivity contribution in [3.8, 4) is 0 Å². The largest absolute Gasteiger partial charge is 0.322 e. The SMILES string of the molecule is C=CC[C@H]1C2=Cc3ccccc3C[C@H]2C[N+]1(C)C. The second-order valence-corrected chi connectivity index (χ2v) is 6.25. The molecule has 1 heteroatoms. The molecular formula is C17H22N+. The summed E-state index contributed by atoms with van der Waals surface area (Å²) in [6, 6.07) is 9.47. The van der Waals surface area contributed by atoms with Crippen molar-refractivity contribution in [1.29, 1.82) is 0 Å². The van der Waals surface area contributed by atoms with Crippen molar-refractivity contribution in [2.24, 2.45) is 5.92 Å². The lowest BCUT2D eigenvalue weighted by Crippen LogP contribution is -2.44. The number of fused-ring (bicyclic) bond motifs is 2. The molecule has 2 atom stereocenters. The Hall–Kier alpha value is -1.34. The van der Waals surface area contributed by atoms with Gasteiger partial charge >= 0.3 is 0 Å². The van der Waals surface area contributed by atoms with Crippen LogP contribution in [0.25, 0.3) is 6.08 Å². The van der Waals surface area contributed by atoms with Crippen LogP contribution in [0.5, 0.6) is 0 Å². The fraction of sp³-hybridized carbons (Fsp3) is 0.412. The second kappa shape index (κ2) is 4.10. The molecule has 0 amide bonds. The zero-order chi connectivity index (χ0) is 12.8. The van der Waals surface area contributed by atoms with Crippen molar-refractivity contribution in [2.45, 2.75) is 18.9 Å². The van der Waals surface area contributed by atoms with E-state index >= 15 is 0 Å². The molecule has 1 nitrogen and oxygen atoms in total. The summed E-state index contributed by atoms with van der Waals surface area (Å²) < 4.78 is 1.11. The van der Waals surface area contributed by atoms with Crippen LogP contribution in [-0.2, 0) is 6.42 Å². The molecule has 1 fully saturated rings. The number of rotatable bonds is 2. The third kappa shape index (κ3) is 1.74. The molecule has 0 unspecified atom stereocenters. The highest BCUT2D eigenvalue weighted by Crippen LogP contribution is 2.41. The van der Waals surface area contributed by atoms with Crippen LogP contribution in [0, 0.1) is 5.92 Å². The van der Waals surface area contributed by atoms with Gasteiger partial charge in [-0.3, -0.25) is 0 Å². The van der Waals surface area contributed by atoms with Crippen LogP contribution in [-0.4, -0.2) is 31.2 Å². The minimum atomic E-state index is 0.626. The van der Waals surface area contributed by atoms with Crippen LogP contribution in [0.4, 0.5) is 0 Å². The molecule has 0 spiro atoms. The Morgan fingerprint density at radius 2 is 2.11 bits per heavy atom. The molecule has 1 aromatic carbocycles. The number of benzene rings is 1. The first kappa shape index (κ1) is 11.7. The Morgan fingerprint density at radius 3 is 2.89 bits per heavy atom. The van der Waals surface area contributed by atoms with E-state index in [1.165, 1.54) is 24.1 Å². The molecular weight excluding hydrogens is 218 g/mol. The van der Waals surface area contributed by atoms with Crippen molar-refractivity contribution in [3.05, 3.63) is 53.6 Å². The molecule has 1 saturated heterocycles. The van der Waals surface area contributed by atoms with E-state index in [9.17, 15) is 0 Å². The van der Waals surface area contributed by atoms with Crippen molar-refractivity contribution in [2.75, 3.05) is 20.6 Å². The molecule has 1 aliphatic carbocycles. The van der Waals surface area contributed by atoms with Crippen LogP contribution in [0.1, 0.15) is 17.5 Å². The molecule has 0 saturated carbocycles. The van der Waals surface area contributed by atoms with Crippen LogP contribution in [0.3, 0.4) is 0 Å². The fourth-order valence-electron chi connectivity index (χ4n) is 3.76. The average molecular weight is 240 g/mol. The number of hydrogen-bond donors (Lipinski definition) is 0. The summed E-state index contributed by atoms with van der Waals surface area (Å²) in [5.74, 6) is 0.736. The van der Waals surface area contributed by atoms with Gasteiger partial charge in [0.25, 0.3) is 0 Å². The third-order valence-electron chi connectivity index (χ3n) is 4.62. The topological polar surface area (TPSA) is 0 Å². The number of hydrogen-bond acceptors (Lipinski definition) is 0. The van der Waals surface area contributed by atoms with Gasteiger partial charge in [0.05, 0.1) is 20.6 Å². The first-order valence-corrected chi connectivity index (χ1v) is 6.85. The number of quaternary nitrogens is 1. The van der Waals surface area contributed by atoms with Crippen LogP contribution in [0.2, 0.25) is 0 Å². The van der Waals surface area contributed by atoms with Gasteiger partial charge < -0.3 is 4.48 Å². The van der Waals surface area contributed by atoms with E-state index in [0.29, 0.717) is 6.04 Å². The van der Waals surface area contributed by atoms with E-state index in [1.807, 2.05) is 0 Å². The lowest BCUT2D eigenvalue weighted by Gasteiger charge is -2.31. The number of nitrogens with zero attached hydrogens (tertiary/aromatic N) is 1. The minimum absolute atomic E-state index is 0.626. The van der Waals surface area contributed by atoms with Gasteiger partial charge in [0.2, 0.25) is 0 Å². The number of likely N-dealkylation sites (tertiary alicyclic amines) is 1. The summed E-state index contributed by atoms with van der Waals surface area (Å²) >= 11 is 0. The Balaban J connectivity index is 2.04. The zero-order valence-electron chi connectivity index (χ0n) is 11.4. The van der Waals surface area contributed by atoms with E-state index in [2.05, 4.69) is 57.1 Å². The highest BCUT2D eigenvalue weighted by atomic mass is 15.4. The summed E-state index contributed by atoms with van der Waals surface area (Å²) in [7, 11) is 4.72. The number of likely N-dealkylation sites (N-methyl/N-ethyl adjacent to an activating group) is 1. The van der Waals surface area contributed by atoms with Crippen molar-refractivity contribution in [1.82, 2.24) is 0 Å². The highest BCUT2D eigenvalue weighted by molar-refractivity contribution is 5.61. The van der Waals surface area contributed by atoms with Gasteiger partial charge in [0, 0.05) is 12.3 Å². The molecule has 0 N–H and O–H groups in total. The molecule has 1 aromatic rings. The molecule has 18 heavy (non-hydrogen) atoms. The van der Waals surface area contributed by atoms with Gasteiger partial charge in [-0.2, -0.15) is 0 Å². The maximum Gasteiger partial charge on any atom is 0.114 e. The summed E-state index contributed by atoms with van der Waals surface area (Å²) in [6.45, 7) is 5.20. The smallest absolute Gasteiger partial charge is 0.114 e. The average Bonchev–Trinajstić information content (AvgIpc) is 2.58. The van der Waals surface area contributed by atoms with Gasteiger partial charge in [-0.1, -0.05) is 30.3 Å². The summed E-state index contributed by atoms with van der Waals surface area (Å²) in [6.07, 6.45) is 6.84. The van der Waals surface area contributed by atoms with Gasteiger partial charge in [0.1, 0.15) is 6.04 Å². The van der Waals surface area contributed by atoms with E-state index in [0.717, 1.165) is 16.8 Å². The minimum Gasteiger partial charge on any atom is -0.322 e. The van der Waals surface area contributed by atoms with Gasteiger partial charge in [-0.05, 0) is 29.2 Å². The summed E-state index contributed by atoms with van der Waals surface area (Å²) in [4.78, 5) is 0. The first-order valence-electron chi connectivity index (χ1n) is 6.85. The zero-order valence-corrected chi connectivity index (χ0v) is 11.4. The van der Waals surface area contributed by atoms with Crippen LogP contribution in [0.15, 0.2) is 42.5 Å². The predicted octanol–water partition coefficient (Wildman–Crippen LogP) is 3.28. The maximum atomic E-state index is 3.93. The first-order chi connectivity index (χ1) is 8.62. The Kier molecular flexibility index (Phi) is 2.67. The molecule has 94 valence electrons. The van der Waals surface area contributed by atoms with Gasteiger partial charge in [-0.15, -0.1) is 6.58 Å². The highest BCUT2D eigenvalue weighted by Gasteiger charge is 2.45. The molecule has 3 rings (SSSR count). The quantitative estimate of drug-likeness (QED) is 0.550. The molecule has 2 aliphatic rings. The van der Waals surface area contributed by atoms with Crippen LogP contribution < -0.4 is 0 Å². The Labute approximate surface area is 110 Å². The monoisotopic (exact) mass is 240 g/mol. The van der Waals surface area contributed by atoms with Crippen molar-refractivity contribution >= 4 is 6.08 Å². The van der Waals surface area contributed by atoms with Crippen LogP contribution >= 0.6 is 0 Å². The lowest BCUT2D eigenvalue weighted by atomic mass is 9.82. The fourth-order valence-corrected chi connectivity index (χ4v) is 3.76. The predicted molar refractivity (Wildman–Crippen MR) is 77.2 cm³/mol. The second-order valence-electron chi connectivity index (χ2n) is 6.25. The van der Waals surface area contributed by atoms with E-state index < -0.39 is 0 Å². The van der Waals surface area contributed by atoms with Gasteiger partial charge in [-0.25, -0.2) is 0 Å². The maximum absolute atomic E-state index is 3.93. The lowest BCUT2D eigenvalue weighted by molar-refractivity contribution is -0.900. The Bertz CT molecular complexity index is 510. The Morgan fingerprint density at radius 1 is 1.33 bits per heavy atom. The summed E-state index contributed by atoms with van der Waals surface area (Å²) in [5, 5.41) is 0. The van der Waals surface area contributed by atoms with E-state index in [4.69, 9.17) is 0 Å². The van der Waals surface area contributed by atoms with Gasteiger partial charge in [0.15, 0.2) is 0 Å². The molecule has 0 bridgehead atoms. The third-order valence-corrected chi connectivity index (χ3v) is 4.62. The molecule has 1 aliphatic heterocycles. The molecule has 0 aromatic heterocycles.